The molecule has 0 aromatic rings. The van der Waals surface area contributed by atoms with Crippen molar-refractivity contribution in [1.29, 1.82) is 0 Å². The molecule has 0 aromatic heterocycles. The quantitative estimate of drug-likeness (QED) is 0.730. The first-order valence-electron chi connectivity index (χ1n) is 6.48. The molecular formula is C12H23N3OS. The summed E-state index contributed by atoms with van der Waals surface area (Å²) >= 11 is 1.88. The van der Waals surface area contributed by atoms with Gasteiger partial charge in [-0.25, -0.2) is 0 Å². The minimum Gasteiger partial charge on any atom is -0.337 e. The Bertz CT molecular complexity index is 268. The number of hydrogen-bond acceptors (Lipinski definition) is 4. The Morgan fingerprint density at radius 1 is 1.41 bits per heavy atom. The molecular weight excluding hydrogens is 234 g/mol. The monoisotopic (exact) mass is 257 g/mol. The van der Waals surface area contributed by atoms with Crippen LogP contribution in [0.1, 0.15) is 13.3 Å². The van der Waals surface area contributed by atoms with E-state index in [1.165, 1.54) is 0 Å². The van der Waals surface area contributed by atoms with Gasteiger partial charge in [0.25, 0.3) is 0 Å². The average Bonchev–Trinajstić information content (AvgIpc) is 2.50. The van der Waals surface area contributed by atoms with E-state index in [2.05, 4.69) is 29.1 Å². The Morgan fingerprint density at radius 3 is 2.94 bits per heavy atom. The molecule has 0 bridgehead atoms. The van der Waals surface area contributed by atoms with Crippen LogP contribution in [0.25, 0.3) is 0 Å². The molecule has 2 aliphatic heterocycles. The fourth-order valence-electron chi connectivity index (χ4n) is 2.62. The number of rotatable bonds is 1. The number of carbonyl (C=O) groups excluding carboxylic acids is 1. The first-order chi connectivity index (χ1) is 8.18. The predicted molar refractivity (Wildman–Crippen MR) is 72.4 cm³/mol. The van der Waals surface area contributed by atoms with E-state index in [0.717, 1.165) is 44.1 Å². The van der Waals surface area contributed by atoms with Crippen LogP contribution >= 0.6 is 11.8 Å². The Morgan fingerprint density at radius 2 is 2.24 bits per heavy atom. The van der Waals surface area contributed by atoms with Gasteiger partial charge in [0.2, 0.25) is 5.91 Å². The molecule has 2 atom stereocenters. The van der Waals surface area contributed by atoms with Crippen molar-refractivity contribution in [3.63, 3.8) is 0 Å². The average molecular weight is 257 g/mol. The normalized spacial score (nSPS) is 32.2. The highest BCUT2D eigenvalue weighted by molar-refractivity contribution is 7.99. The van der Waals surface area contributed by atoms with Gasteiger partial charge in [0.15, 0.2) is 0 Å². The van der Waals surface area contributed by atoms with E-state index in [0.29, 0.717) is 11.9 Å². The molecule has 2 rings (SSSR count). The summed E-state index contributed by atoms with van der Waals surface area (Å²) in [7, 11) is 2.14. The highest BCUT2D eigenvalue weighted by Gasteiger charge is 2.30. The molecule has 0 spiro atoms. The summed E-state index contributed by atoms with van der Waals surface area (Å²) in [6.07, 6.45) is 1.09. The summed E-state index contributed by atoms with van der Waals surface area (Å²) in [5.41, 5.74) is 0. The first-order valence-corrected chi connectivity index (χ1v) is 7.64. The van der Waals surface area contributed by atoms with Crippen molar-refractivity contribution in [2.24, 2.45) is 0 Å². The van der Waals surface area contributed by atoms with Crippen LogP contribution in [0.15, 0.2) is 0 Å². The smallest absolute Gasteiger partial charge is 0.240 e. The molecule has 1 N–H and O–H groups in total. The SMILES string of the molecule is CC1CN(C)CCCN1C(=O)C1CSCCN1. The summed E-state index contributed by atoms with van der Waals surface area (Å²) in [5.74, 6) is 2.36. The van der Waals surface area contributed by atoms with E-state index < -0.39 is 0 Å². The summed E-state index contributed by atoms with van der Waals surface area (Å²) in [4.78, 5) is 16.9. The third-order valence-corrected chi connectivity index (χ3v) is 4.61. The van der Waals surface area contributed by atoms with Crippen molar-refractivity contribution >= 4 is 17.7 Å². The minimum atomic E-state index is 0.0413. The van der Waals surface area contributed by atoms with Crippen molar-refractivity contribution in [3.8, 4) is 0 Å². The van der Waals surface area contributed by atoms with Crippen LogP contribution in [-0.2, 0) is 4.79 Å². The molecule has 2 fully saturated rings. The van der Waals surface area contributed by atoms with Gasteiger partial charge in [0, 0.05) is 37.2 Å². The highest BCUT2D eigenvalue weighted by Crippen LogP contribution is 2.14. The number of hydrogen-bond donors (Lipinski definition) is 1. The highest BCUT2D eigenvalue weighted by atomic mass is 32.2. The fourth-order valence-corrected chi connectivity index (χ4v) is 3.55. The van der Waals surface area contributed by atoms with E-state index >= 15 is 0 Å². The molecule has 4 nitrogen and oxygen atoms in total. The lowest BCUT2D eigenvalue weighted by atomic mass is 10.2. The van der Waals surface area contributed by atoms with Crippen LogP contribution in [-0.4, -0.2) is 72.5 Å². The summed E-state index contributed by atoms with van der Waals surface area (Å²) < 4.78 is 0. The Labute approximate surface area is 108 Å². The van der Waals surface area contributed by atoms with Gasteiger partial charge >= 0.3 is 0 Å². The second kappa shape index (κ2) is 6.07. The van der Waals surface area contributed by atoms with Crippen LogP contribution in [0, 0.1) is 0 Å². The van der Waals surface area contributed by atoms with Crippen molar-refractivity contribution in [2.75, 3.05) is 44.7 Å². The van der Waals surface area contributed by atoms with Gasteiger partial charge in [-0.2, -0.15) is 11.8 Å². The zero-order valence-electron chi connectivity index (χ0n) is 10.8. The Kier molecular flexibility index (Phi) is 4.70. The Hall–Kier alpha value is -0.260. The first kappa shape index (κ1) is 13.2. The van der Waals surface area contributed by atoms with Gasteiger partial charge in [-0.05, 0) is 26.9 Å². The maximum Gasteiger partial charge on any atom is 0.240 e. The fraction of sp³-hybridized carbons (Fsp3) is 0.917. The van der Waals surface area contributed by atoms with Crippen molar-refractivity contribution < 1.29 is 4.79 Å². The molecule has 0 aliphatic carbocycles. The molecule has 1 amide bonds. The van der Waals surface area contributed by atoms with Gasteiger partial charge < -0.3 is 15.1 Å². The van der Waals surface area contributed by atoms with E-state index in [9.17, 15) is 4.79 Å². The van der Waals surface area contributed by atoms with Crippen LogP contribution in [0.3, 0.4) is 0 Å². The summed E-state index contributed by atoms with van der Waals surface area (Å²) in [5, 5.41) is 3.34. The van der Waals surface area contributed by atoms with Gasteiger partial charge in [-0.15, -0.1) is 0 Å². The molecule has 98 valence electrons. The number of likely N-dealkylation sites (N-methyl/N-ethyl adjacent to an activating group) is 1. The van der Waals surface area contributed by atoms with Crippen LogP contribution < -0.4 is 5.32 Å². The topological polar surface area (TPSA) is 35.6 Å². The van der Waals surface area contributed by atoms with Gasteiger partial charge in [0.05, 0.1) is 6.04 Å². The number of nitrogens with zero attached hydrogens (tertiary/aromatic N) is 2. The van der Waals surface area contributed by atoms with Crippen LogP contribution in [0.5, 0.6) is 0 Å². The minimum absolute atomic E-state index is 0.0413. The third kappa shape index (κ3) is 3.36. The van der Waals surface area contributed by atoms with Crippen LogP contribution in [0.2, 0.25) is 0 Å². The number of amides is 1. The molecule has 0 aromatic carbocycles. The second-order valence-electron chi connectivity index (χ2n) is 5.08. The molecule has 2 heterocycles. The largest absolute Gasteiger partial charge is 0.337 e. The molecule has 2 saturated heterocycles. The lowest BCUT2D eigenvalue weighted by Gasteiger charge is -2.33. The zero-order chi connectivity index (χ0) is 12.3. The van der Waals surface area contributed by atoms with Crippen LogP contribution in [0.4, 0.5) is 0 Å². The van der Waals surface area contributed by atoms with Crippen molar-refractivity contribution in [1.82, 2.24) is 15.1 Å². The van der Waals surface area contributed by atoms with E-state index in [4.69, 9.17) is 0 Å². The molecule has 0 saturated carbocycles. The molecule has 17 heavy (non-hydrogen) atoms. The molecule has 0 radical (unpaired) electrons. The molecule has 2 unspecified atom stereocenters. The predicted octanol–water partition coefficient (Wildman–Crippen LogP) is 0.244. The Balaban J connectivity index is 1.96. The van der Waals surface area contributed by atoms with Crippen molar-refractivity contribution in [2.45, 2.75) is 25.4 Å². The number of nitrogens with one attached hydrogen (secondary N) is 1. The van der Waals surface area contributed by atoms with Gasteiger partial charge in [-0.3, -0.25) is 4.79 Å². The third-order valence-electron chi connectivity index (χ3n) is 3.55. The van der Waals surface area contributed by atoms with Gasteiger partial charge in [-0.1, -0.05) is 0 Å². The van der Waals surface area contributed by atoms with E-state index in [1.54, 1.807) is 0 Å². The van der Waals surface area contributed by atoms with E-state index in [-0.39, 0.29) is 6.04 Å². The van der Waals surface area contributed by atoms with E-state index in [1.807, 2.05) is 11.8 Å². The lowest BCUT2D eigenvalue weighted by Crippen LogP contribution is -2.53. The summed E-state index contributed by atoms with van der Waals surface area (Å²) in [6.45, 7) is 6.12. The standard InChI is InChI=1S/C12H23N3OS/c1-10-8-14(2)5-3-6-15(10)12(16)11-9-17-7-4-13-11/h10-11,13H,3-9H2,1-2H3. The maximum atomic E-state index is 12.5. The molecule has 2 aliphatic rings. The number of carbonyl (C=O) groups is 1. The zero-order valence-corrected chi connectivity index (χ0v) is 11.6. The lowest BCUT2D eigenvalue weighted by molar-refractivity contribution is -0.134. The van der Waals surface area contributed by atoms with Gasteiger partial charge in [0.1, 0.15) is 0 Å². The maximum absolute atomic E-state index is 12.5. The van der Waals surface area contributed by atoms with Crippen molar-refractivity contribution in [3.05, 3.63) is 0 Å². The second-order valence-corrected chi connectivity index (χ2v) is 6.23. The molecule has 5 heteroatoms. The number of thioether (sulfide) groups is 1. The summed E-state index contributed by atoms with van der Waals surface area (Å²) in [6, 6.07) is 0.378.